The van der Waals surface area contributed by atoms with E-state index in [1.807, 2.05) is 27.7 Å². The van der Waals surface area contributed by atoms with Gasteiger partial charge in [-0.1, -0.05) is 6.92 Å². The molecular formula is C12H25O4P. The predicted octanol–water partition coefficient (Wildman–Crippen LogP) is 2.56. The molecule has 17 heavy (non-hydrogen) atoms. The zero-order valence-corrected chi connectivity index (χ0v) is 12.5. The van der Waals surface area contributed by atoms with Gasteiger partial charge in [0, 0.05) is 12.3 Å². The Hall–Kier alpha value is -0.340. The van der Waals surface area contributed by atoms with Crippen LogP contribution in [0.5, 0.6) is 0 Å². The molecule has 0 saturated heterocycles. The van der Waals surface area contributed by atoms with Crippen LogP contribution in [0.2, 0.25) is 0 Å². The van der Waals surface area contributed by atoms with Crippen LogP contribution in [-0.2, 0) is 18.8 Å². The highest BCUT2D eigenvalue weighted by atomic mass is 31.1. The number of carbonyl (C=O) groups excluding carboxylic acids is 1. The number of rotatable bonds is 8. The molecule has 0 bridgehead atoms. The molecule has 0 N–H and O–H groups in total. The second-order valence-electron chi connectivity index (χ2n) is 4.80. The quantitative estimate of drug-likeness (QED) is 0.499. The summed E-state index contributed by atoms with van der Waals surface area (Å²) in [6.07, 6.45) is 1.00. The molecule has 102 valence electrons. The average Bonchev–Trinajstić information content (AvgIpc) is 2.15. The summed E-state index contributed by atoms with van der Waals surface area (Å²) in [4.78, 5) is 11.5. The van der Waals surface area contributed by atoms with Gasteiger partial charge in [-0.2, -0.15) is 0 Å². The van der Waals surface area contributed by atoms with Gasteiger partial charge in [0.1, 0.15) is 0 Å². The molecule has 2 atom stereocenters. The third kappa shape index (κ3) is 9.37. The summed E-state index contributed by atoms with van der Waals surface area (Å²) in [7, 11) is -1.74. The van der Waals surface area contributed by atoms with Crippen molar-refractivity contribution in [1.82, 2.24) is 0 Å². The van der Waals surface area contributed by atoms with Gasteiger partial charge in [-0.05, 0) is 27.7 Å². The van der Waals surface area contributed by atoms with Crippen molar-refractivity contribution in [3.63, 3.8) is 0 Å². The molecule has 2 unspecified atom stereocenters. The Morgan fingerprint density at radius 1 is 1.12 bits per heavy atom. The van der Waals surface area contributed by atoms with E-state index in [2.05, 4.69) is 0 Å². The Bertz CT molecular complexity index is 251. The van der Waals surface area contributed by atoms with Gasteiger partial charge >= 0.3 is 5.97 Å². The van der Waals surface area contributed by atoms with Crippen molar-refractivity contribution in [3.8, 4) is 0 Å². The molecule has 4 nitrogen and oxygen atoms in total. The molecule has 0 aliphatic carbocycles. The molecule has 0 radical (unpaired) electrons. The smallest absolute Gasteiger partial charge is 0.309 e. The second-order valence-corrected chi connectivity index (χ2v) is 6.78. The second kappa shape index (κ2) is 8.71. The van der Waals surface area contributed by atoms with Gasteiger partial charge in [0.25, 0.3) is 0 Å². The summed E-state index contributed by atoms with van der Waals surface area (Å²) >= 11 is 0. The molecule has 0 aromatic carbocycles. The number of hydrogen-bond acceptors (Lipinski definition) is 4. The maximum Gasteiger partial charge on any atom is 0.309 e. The van der Waals surface area contributed by atoms with Crippen molar-refractivity contribution >= 4 is 13.8 Å². The van der Waals surface area contributed by atoms with Gasteiger partial charge in [0.05, 0.1) is 32.5 Å². The monoisotopic (exact) mass is 264 g/mol. The van der Waals surface area contributed by atoms with Crippen molar-refractivity contribution in [2.45, 2.75) is 46.8 Å². The molecule has 0 aromatic rings. The van der Waals surface area contributed by atoms with E-state index in [9.17, 15) is 9.36 Å². The van der Waals surface area contributed by atoms with E-state index >= 15 is 0 Å². The molecule has 0 aliphatic heterocycles. The Morgan fingerprint density at radius 2 is 1.71 bits per heavy atom. The fourth-order valence-corrected chi connectivity index (χ4v) is 2.68. The van der Waals surface area contributed by atoms with E-state index in [0.717, 1.165) is 0 Å². The fourth-order valence-electron chi connectivity index (χ4n) is 1.28. The Kier molecular flexibility index (Phi) is 8.53. The first-order valence-corrected chi connectivity index (χ1v) is 7.99. The van der Waals surface area contributed by atoms with Gasteiger partial charge in [-0.25, -0.2) is 0 Å². The highest BCUT2D eigenvalue weighted by Gasteiger charge is 2.18. The average molecular weight is 264 g/mol. The maximum atomic E-state index is 11.7. The molecule has 0 aromatic heterocycles. The summed E-state index contributed by atoms with van der Waals surface area (Å²) in [6, 6.07) is 0. The topological polar surface area (TPSA) is 52.6 Å². The van der Waals surface area contributed by atoms with E-state index in [1.165, 1.54) is 0 Å². The first kappa shape index (κ1) is 16.7. The standard InChI is InChI=1S/C12H25O4P/c1-9(2)15-6-7-17(14)8-11(5)12(13)16-10(3)4/h9-11,17H,6-8H2,1-5H3. The molecule has 0 aliphatic rings. The fraction of sp³-hybridized carbons (Fsp3) is 0.917. The molecule has 0 fully saturated rings. The third-order valence-corrected chi connectivity index (χ3v) is 3.95. The zero-order chi connectivity index (χ0) is 13.4. The molecule has 0 spiro atoms. The summed E-state index contributed by atoms with van der Waals surface area (Å²) < 4.78 is 22.1. The van der Waals surface area contributed by atoms with Crippen molar-refractivity contribution in [1.29, 1.82) is 0 Å². The van der Waals surface area contributed by atoms with Gasteiger partial charge in [-0.15, -0.1) is 0 Å². The lowest BCUT2D eigenvalue weighted by molar-refractivity contribution is -0.150. The molecular weight excluding hydrogens is 239 g/mol. The summed E-state index contributed by atoms with van der Waals surface area (Å²) in [5, 5.41) is 0. The summed E-state index contributed by atoms with van der Waals surface area (Å²) in [5.41, 5.74) is 0. The van der Waals surface area contributed by atoms with Crippen LogP contribution in [0.4, 0.5) is 0 Å². The van der Waals surface area contributed by atoms with Crippen LogP contribution >= 0.6 is 7.80 Å². The van der Waals surface area contributed by atoms with Crippen LogP contribution < -0.4 is 0 Å². The Labute approximate surface area is 105 Å². The van der Waals surface area contributed by atoms with E-state index in [1.54, 1.807) is 6.92 Å². The van der Waals surface area contributed by atoms with Crippen LogP contribution in [0.1, 0.15) is 34.6 Å². The lowest BCUT2D eigenvalue weighted by Crippen LogP contribution is -2.21. The molecule has 0 heterocycles. The largest absolute Gasteiger partial charge is 0.463 e. The SMILES string of the molecule is CC(C)OCC[PH](=O)CC(C)C(=O)OC(C)C. The Morgan fingerprint density at radius 3 is 2.18 bits per heavy atom. The number of hydrogen-bond donors (Lipinski definition) is 0. The minimum Gasteiger partial charge on any atom is -0.463 e. The number of ether oxygens (including phenoxy) is 2. The summed E-state index contributed by atoms with van der Waals surface area (Å²) in [5.74, 6) is -0.550. The highest BCUT2D eigenvalue weighted by molar-refractivity contribution is 7.44. The van der Waals surface area contributed by atoms with E-state index in [4.69, 9.17) is 9.47 Å². The van der Waals surface area contributed by atoms with Crippen molar-refractivity contribution in [2.75, 3.05) is 18.9 Å². The molecule has 0 amide bonds. The van der Waals surface area contributed by atoms with E-state index in [-0.39, 0.29) is 24.1 Å². The van der Waals surface area contributed by atoms with E-state index < -0.39 is 7.80 Å². The van der Waals surface area contributed by atoms with Gasteiger partial charge in [0.15, 0.2) is 0 Å². The summed E-state index contributed by atoms with van der Waals surface area (Å²) in [6.45, 7) is 9.77. The maximum absolute atomic E-state index is 11.7. The Balaban J connectivity index is 3.83. The third-order valence-electron chi connectivity index (χ3n) is 2.12. The minimum absolute atomic E-state index is 0.114. The van der Waals surface area contributed by atoms with Crippen LogP contribution in [0.3, 0.4) is 0 Å². The van der Waals surface area contributed by atoms with Crippen molar-refractivity contribution in [2.24, 2.45) is 5.92 Å². The van der Waals surface area contributed by atoms with Crippen LogP contribution in [0.25, 0.3) is 0 Å². The van der Waals surface area contributed by atoms with Gasteiger partial charge in [-0.3, -0.25) is 4.79 Å². The zero-order valence-electron chi connectivity index (χ0n) is 11.5. The molecule has 0 rings (SSSR count). The van der Waals surface area contributed by atoms with Crippen LogP contribution in [0, 0.1) is 5.92 Å². The van der Waals surface area contributed by atoms with Crippen LogP contribution in [0.15, 0.2) is 0 Å². The van der Waals surface area contributed by atoms with E-state index in [0.29, 0.717) is 18.9 Å². The first-order valence-electron chi connectivity index (χ1n) is 6.16. The lowest BCUT2D eigenvalue weighted by Gasteiger charge is -2.14. The normalized spacial score (nSPS) is 15.0. The lowest BCUT2D eigenvalue weighted by atomic mass is 10.2. The molecule has 0 saturated carbocycles. The first-order chi connectivity index (χ1) is 7.82. The van der Waals surface area contributed by atoms with Crippen LogP contribution in [-0.4, -0.2) is 37.1 Å². The predicted molar refractivity (Wildman–Crippen MR) is 70.2 cm³/mol. The molecule has 5 heteroatoms. The van der Waals surface area contributed by atoms with Gasteiger partial charge in [0.2, 0.25) is 0 Å². The highest BCUT2D eigenvalue weighted by Crippen LogP contribution is 2.24. The number of carbonyl (C=O) groups is 1. The van der Waals surface area contributed by atoms with Crippen molar-refractivity contribution in [3.05, 3.63) is 0 Å². The minimum atomic E-state index is -1.74. The number of esters is 1. The van der Waals surface area contributed by atoms with Gasteiger partial charge < -0.3 is 14.0 Å². The van der Waals surface area contributed by atoms with Crippen molar-refractivity contribution < 1.29 is 18.8 Å².